The summed E-state index contributed by atoms with van der Waals surface area (Å²) in [6.45, 7) is 5.65. The second-order valence-corrected chi connectivity index (χ2v) is 9.64. The van der Waals surface area contributed by atoms with Crippen molar-refractivity contribution in [1.29, 1.82) is 0 Å². The topological polar surface area (TPSA) is 73.9 Å². The van der Waals surface area contributed by atoms with Crippen molar-refractivity contribution in [2.75, 3.05) is 6.61 Å². The third-order valence-corrected chi connectivity index (χ3v) is 6.35. The van der Waals surface area contributed by atoms with Crippen LogP contribution in [0.25, 0.3) is 0 Å². The van der Waals surface area contributed by atoms with Gasteiger partial charge in [0.25, 0.3) is 0 Å². The van der Waals surface area contributed by atoms with Crippen molar-refractivity contribution in [2.24, 2.45) is 0 Å². The van der Waals surface area contributed by atoms with Crippen molar-refractivity contribution in [3.8, 4) is 0 Å². The average molecular weight is 401 g/mol. The van der Waals surface area contributed by atoms with Crippen molar-refractivity contribution in [1.82, 2.24) is 5.48 Å². The summed E-state index contributed by atoms with van der Waals surface area (Å²) < 4.78 is 25.5. The fourth-order valence-electron chi connectivity index (χ4n) is 2.68. The Morgan fingerprint density at radius 1 is 1.00 bits per heavy atom. The maximum absolute atomic E-state index is 14.0. The van der Waals surface area contributed by atoms with Gasteiger partial charge in [-0.15, -0.1) is 0 Å². The highest BCUT2D eigenvalue weighted by atomic mass is 31.2. The average Bonchev–Trinajstić information content (AvgIpc) is 2.68. The number of rotatable bonds is 5. The zero-order chi connectivity index (χ0) is 20.2. The first-order chi connectivity index (χ1) is 13.3. The molecule has 0 saturated heterocycles. The van der Waals surface area contributed by atoms with E-state index in [1.54, 1.807) is 69.3 Å². The Labute approximate surface area is 164 Å². The molecule has 0 bridgehead atoms. The van der Waals surface area contributed by atoms with Crippen LogP contribution in [-0.2, 0) is 23.5 Å². The van der Waals surface area contributed by atoms with E-state index >= 15 is 0 Å². The van der Waals surface area contributed by atoms with E-state index in [9.17, 15) is 9.36 Å². The van der Waals surface area contributed by atoms with Gasteiger partial charge in [-0.2, -0.15) is 0 Å². The van der Waals surface area contributed by atoms with Crippen LogP contribution in [0.15, 0.2) is 72.1 Å². The predicted molar refractivity (Wildman–Crippen MR) is 107 cm³/mol. The molecule has 6 nitrogen and oxygen atoms in total. The lowest BCUT2D eigenvalue weighted by atomic mass is 10.1. The first-order valence-corrected chi connectivity index (χ1v) is 10.7. The van der Waals surface area contributed by atoms with Gasteiger partial charge in [-0.05, 0) is 45.0 Å². The van der Waals surface area contributed by atoms with Crippen molar-refractivity contribution in [3.05, 3.63) is 72.1 Å². The molecule has 1 aliphatic heterocycles. The minimum atomic E-state index is -3.53. The highest BCUT2D eigenvalue weighted by molar-refractivity contribution is 7.74. The lowest BCUT2D eigenvalue weighted by Gasteiger charge is -2.27. The number of esters is 1. The Kier molecular flexibility index (Phi) is 5.92. The Balaban J connectivity index is 2.04. The van der Waals surface area contributed by atoms with Crippen LogP contribution in [0.3, 0.4) is 0 Å². The van der Waals surface area contributed by atoms with Crippen LogP contribution in [0.5, 0.6) is 0 Å². The molecule has 148 valence electrons. The highest BCUT2D eigenvalue weighted by Crippen LogP contribution is 2.47. The minimum absolute atomic E-state index is 0.0246. The Bertz CT molecular complexity index is 860. The van der Waals surface area contributed by atoms with E-state index in [1.807, 2.05) is 12.1 Å². The molecule has 1 aliphatic rings. The molecule has 0 radical (unpaired) electrons. The molecule has 0 aromatic heterocycles. The number of nitrogens with one attached hydrogen (secondary N) is 1. The lowest BCUT2D eigenvalue weighted by molar-refractivity contribution is -0.151. The number of hydrogen-bond donors (Lipinski definition) is 1. The Hall–Kier alpha value is -2.56. The molecule has 2 aromatic rings. The van der Waals surface area contributed by atoms with Crippen molar-refractivity contribution in [3.63, 3.8) is 0 Å². The van der Waals surface area contributed by atoms with Gasteiger partial charge in [0.2, 0.25) is 5.88 Å². The standard InChI is InChI=1S/C21H24NO5P/c1-21(2,3)26-20(23)18-14-15-25-22-19(18)27-28(24,16-10-6-4-7-11-16)17-12-8-5-9-13-17/h4-13,22H,14-15H2,1-3H3. The third kappa shape index (κ3) is 4.64. The summed E-state index contributed by atoms with van der Waals surface area (Å²) in [5.41, 5.74) is 2.23. The number of hydroxylamine groups is 1. The Morgan fingerprint density at radius 2 is 1.54 bits per heavy atom. The molecule has 1 heterocycles. The van der Waals surface area contributed by atoms with Crippen LogP contribution in [0.4, 0.5) is 0 Å². The van der Waals surface area contributed by atoms with Gasteiger partial charge in [0, 0.05) is 6.42 Å². The van der Waals surface area contributed by atoms with Gasteiger partial charge in [-0.25, -0.2) is 10.3 Å². The number of benzene rings is 2. The molecule has 28 heavy (non-hydrogen) atoms. The lowest BCUT2D eigenvalue weighted by Crippen LogP contribution is -2.32. The van der Waals surface area contributed by atoms with Gasteiger partial charge in [-0.1, -0.05) is 36.4 Å². The molecule has 0 amide bonds. The molecular weight excluding hydrogens is 377 g/mol. The summed E-state index contributed by atoms with van der Waals surface area (Å²) in [7, 11) is -3.53. The van der Waals surface area contributed by atoms with Crippen LogP contribution in [-0.4, -0.2) is 18.2 Å². The quantitative estimate of drug-likeness (QED) is 0.611. The largest absolute Gasteiger partial charge is 0.456 e. The fraction of sp³-hybridized carbons (Fsp3) is 0.286. The van der Waals surface area contributed by atoms with Crippen molar-refractivity contribution in [2.45, 2.75) is 32.8 Å². The molecule has 0 spiro atoms. The molecule has 3 rings (SSSR count). The molecule has 0 saturated carbocycles. The third-order valence-electron chi connectivity index (χ3n) is 3.95. The first kappa shape index (κ1) is 20.2. The number of carbonyl (C=O) groups is 1. The van der Waals surface area contributed by atoms with Gasteiger partial charge >= 0.3 is 13.3 Å². The first-order valence-electron chi connectivity index (χ1n) is 9.05. The molecule has 1 N–H and O–H groups in total. The molecule has 7 heteroatoms. The fourth-order valence-corrected chi connectivity index (χ4v) is 4.73. The number of hydrogen-bond acceptors (Lipinski definition) is 6. The van der Waals surface area contributed by atoms with E-state index in [4.69, 9.17) is 14.1 Å². The summed E-state index contributed by atoms with van der Waals surface area (Å²) >= 11 is 0. The molecule has 0 unspecified atom stereocenters. The normalized spacial score (nSPS) is 15.0. The molecule has 0 fully saturated rings. The Morgan fingerprint density at radius 3 is 2.04 bits per heavy atom. The van der Waals surface area contributed by atoms with Crippen LogP contribution in [0.1, 0.15) is 27.2 Å². The number of ether oxygens (including phenoxy) is 1. The van der Waals surface area contributed by atoms with Gasteiger partial charge in [-0.3, -0.25) is 9.40 Å². The van der Waals surface area contributed by atoms with Crippen molar-refractivity contribution < 1.29 is 23.5 Å². The summed E-state index contributed by atoms with van der Waals surface area (Å²) in [5, 5.41) is 1.04. The molecule has 0 atom stereocenters. The smallest absolute Gasteiger partial charge is 0.340 e. The van der Waals surface area contributed by atoms with Crippen LogP contribution in [0, 0.1) is 0 Å². The molecular formula is C21H24NO5P. The maximum Gasteiger partial charge on any atom is 0.340 e. The maximum atomic E-state index is 14.0. The van der Waals surface area contributed by atoms with Gasteiger partial charge < -0.3 is 9.26 Å². The molecule has 0 aliphatic carbocycles. The second-order valence-electron chi connectivity index (χ2n) is 7.32. The summed E-state index contributed by atoms with van der Waals surface area (Å²) in [6.07, 6.45) is 0.292. The predicted octanol–water partition coefficient (Wildman–Crippen LogP) is 3.41. The van der Waals surface area contributed by atoms with Gasteiger partial charge in [0.05, 0.1) is 17.2 Å². The second kappa shape index (κ2) is 8.21. The van der Waals surface area contributed by atoms with Crippen LogP contribution < -0.4 is 16.1 Å². The number of carbonyl (C=O) groups excluding carboxylic acids is 1. The van der Waals surface area contributed by atoms with Gasteiger partial charge in [0.15, 0.2) is 0 Å². The van der Waals surface area contributed by atoms with E-state index in [0.29, 0.717) is 17.0 Å². The van der Waals surface area contributed by atoms with Crippen LogP contribution >= 0.6 is 7.37 Å². The van der Waals surface area contributed by atoms with Crippen LogP contribution in [0.2, 0.25) is 0 Å². The summed E-state index contributed by atoms with van der Waals surface area (Å²) in [5.74, 6) is -0.498. The highest BCUT2D eigenvalue weighted by Gasteiger charge is 2.35. The van der Waals surface area contributed by atoms with E-state index in [1.165, 1.54) is 0 Å². The van der Waals surface area contributed by atoms with Crippen molar-refractivity contribution >= 4 is 23.9 Å². The zero-order valence-corrected chi connectivity index (χ0v) is 17.1. The van der Waals surface area contributed by atoms with E-state index in [-0.39, 0.29) is 18.1 Å². The SMILES string of the molecule is CC(C)(C)OC(=O)C1=C(OP(=O)(c2ccccc2)c2ccccc2)NOCC1. The van der Waals surface area contributed by atoms with Gasteiger partial charge in [0.1, 0.15) is 11.2 Å². The van der Waals surface area contributed by atoms with E-state index < -0.39 is 18.9 Å². The molecule has 2 aromatic carbocycles. The summed E-state index contributed by atoms with van der Waals surface area (Å²) in [6, 6.07) is 17.8. The zero-order valence-electron chi connectivity index (χ0n) is 16.2. The van der Waals surface area contributed by atoms with E-state index in [0.717, 1.165) is 0 Å². The monoisotopic (exact) mass is 401 g/mol. The summed E-state index contributed by atoms with van der Waals surface area (Å²) in [4.78, 5) is 17.9. The minimum Gasteiger partial charge on any atom is -0.456 e. The van der Waals surface area contributed by atoms with E-state index in [2.05, 4.69) is 5.48 Å².